The molecule has 1 atom stereocenters. The fraction of sp³-hybridized carbons (Fsp3) is 0.417. The molecule has 1 amide bonds. The molecule has 6 heteroatoms. The number of halogens is 3. The molecule has 1 unspecified atom stereocenters. The van der Waals surface area contributed by atoms with Crippen LogP contribution in [0.5, 0.6) is 5.75 Å². The summed E-state index contributed by atoms with van der Waals surface area (Å²) in [5.74, 6) is -0.0974. The van der Waals surface area contributed by atoms with E-state index in [0.717, 1.165) is 0 Å². The summed E-state index contributed by atoms with van der Waals surface area (Å²) < 4.78 is 28.7. The smallest absolute Gasteiger partial charge is 0.387 e. The summed E-state index contributed by atoms with van der Waals surface area (Å²) in [5.41, 5.74) is 0.516. The number of alkyl halides is 3. The van der Waals surface area contributed by atoms with E-state index in [1.165, 1.54) is 6.07 Å². The first-order valence-electron chi connectivity index (χ1n) is 5.49. The minimum absolute atomic E-state index is 0.0791. The zero-order chi connectivity index (χ0) is 13.5. The van der Waals surface area contributed by atoms with Crippen molar-refractivity contribution in [3.63, 3.8) is 0 Å². The number of carbonyl (C=O) groups is 1. The number of hydrogen-bond acceptors (Lipinski definition) is 2. The van der Waals surface area contributed by atoms with Crippen molar-refractivity contribution in [3.05, 3.63) is 29.8 Å². The molecule has 0 fully saturated rings. The number of nitrogens with one attached hydrogen (secondary N) is 1. The lowest BCUT2D eigenvalue weighted by Gasteiger charge is -2.12. The lowest BCUT2D eigenvalue weighted by atomic mass is 10.2. The Labute approximate surface area is 113 Å². The van der Waals surface area contributed by atoms with Crippen molar-refractivity contribution in [2.24, 2.45) is 0 Å². The Morgan fingerprint density at radius 3 is 2.72 bits per heavy atom. The molecular weight excluding hydrogens is 308 g/mol. The van der Waals surface area contributed by atoms with Gasteiger partial charge in [0.2, 0.25) is 5.91 Å². The predicted molar refractivity (Wildman–Crippen MR) is 67.9 cm³/mol. The number of ether oxygens (including phenoxy) is 1. The summed E-state index contributed by atoms with van der Waals surface area (Å²) in [5, 5.41) is 2.65. The monoisotopic (exact) mass is 321 g/mol. The topological polar surface area (TPSA) is 38.3 Å². The summed E-state index contributed by atoms with van der Waals surface area (Å²) in [4.78, 5) is 11.3. The lowest BCUT2D eigenvalue weighted by molar-refractivity contribution is -0.120. The highest BCUT2D eigenvalue weighted by molar-refractivity contribution is 9.10. The fourth-order valence-corrected chi connectivity index (χ4v) is 1.50. The first-order chi connectivity index (χ1) is 8.54. The van der Waals surface area contributed by atoms with Gasteiger partial charge in [0.05, 0.1) is 4.83 Å². The van der Waals surface area contributed by atoms with Crippen molar-refractivity contribution in [3.8, 4) is 5.75 Å². The number of para-hydroxylation sites is 1. The number of carbonyl (C=O) groups excluding carboxylic acids is 1. The van der Waals surface area contributed by atoms with Gasteiger partial charge in [0, 0.05) is 12.1 Å². The summed E-state index contributed by atoms with van der Waals surface area (Å²) in [6.07, 6.45) is 0.654. The molecule has 1 aromatic rings. The lowest BCUT2D eigenvalue weighted by Crippen LogP contribution is -2.30. The second-order valence-electron chi connectivity index (χ2n) is 3.58. The second-order valence-corrected chi connectivity index (χ2v) is 4.69. The summed E-state index contributed by atoms with van der Waals surface area (Å²) >= 11 is 3.21. The van der Waals surface area contributed by atoms with Crippen molar-refractivity contribution in [2.75, 3.05) is 0 Å². The van der Waals surface area contributed by atoms with Crippen molar-refractivity contribution in [1.29, 1.82) is 0 Å². The maximum absolute atomic E-state index is 12.2. The molecule has 0 aliphatic rings. The maximum atomic E-state index is 12.2. The van der Waals surface area contributed by atoms with Gasteiger partial charge >= 0.3 is 6.61 Å². The number of rotatable bonds is 6. The molecule has 18 heavy (non-hydrogen) atoms. The SMILES string of the molecule is CCC(Br)C(=O)NCc1ccccc1OC(F)F. The second kappa shape index (κ2) is 7.31. The Morgan fingerprint density at radius 2 is 2.11 bits per heavy atom. The summed E-state index contributed by atoms with van der Waals surface area (Å²) in [6, 6.07) is 6.37. The molecule has 0 spiro atoms. The van der Waals surface area contributed by atoms with Gasteiger partial charge in [-0.15, -0.1) is 0 Å². The van der Waals surface area contributed by atoms with Gasteiger partial charge in [-0.25, -0.2) is 0 Å². The molecule has 0 aliphatic heterocycles. The third-order valence-electron chi connectivity index (χ3n) is 2.28. The highest BCUT2D eigenvalue weighted by atomic mass is 79.9. The quantitative estimate of drug-likeness (QED) is 0.818. The van der Waals surface area contributed by atoms with Crippen LogP contribution in [0.1, 0.15) is 18.9 Å². The number of amides is 1. The fourth-order valence-electron chi connectivity index (χ4n) is 1.34. The van der Waals surface area contributed by atoms with E-state index in [-0.39, 0.29) is 23.0 Å². The van der Waals surface area contributed by atoms with E-state index < -0.39 is 6.61 Å². The van der Waals surface area contributed by atoms with Crippen LogP contribution >= 0.6 is 15.9 Å². The van der Waals surface area contributed by atoms with Crippen molar-refractivity contribution in [2.45, 2.75) is 31.3 Å². The maximum Gasteiger partial charge on any atom is 0.387 e. The molecule has 1 aromatic carbocycles. The zero-order valence-electron chi connectivity index (χ0n) is 9.83. The van der Waals surface area contributed by atoms with Gasteiger partial charge in [0.15, 0.2) is 0 Å². The van der Waals surface area contributed by atoms with E-state index in [4.69, 9.17) is 0 Å². The van der Waals surface area contributed by atoms with Gasteiger partial charge < -0.3 is 10.1 Å². The third-order valence-corrected chi connectivity index (χ3v) is 3.35. The van der Waals surface area contributed by atoms with E-state index in [2.05, 4.69) is 26.0 Å². The van der Waals surface area contributed by atoms with E-state index in [0.29, 0.717) is 12.0 Å². The normalized spacial score (nSPS) is 12.3. The Balaban J connectivity index is 2.64. The predicted octanol–water partition coefficient (Wildman–Crippen LogP) is 3.08. The standard InChI is InChI=1S/C12H14BrF2NO2/c1-2-9(13)11(17)16-7-8-5-3-4-6-10(8)18-12(14)15/h3-6,9,12H,2,7H2,1H3,(H,16,17). The van der Waals surface area contributed by atoms with E-state index in [1.807, 2.05) is 6.92 Å². The van der Waals surface area contributed by atoms with Crippen molar-refractivity contribution in [1.82, 2.24) is 5.32 Å². The van der Waals surface area contributed by atoms with Gasteiger partial charge in [0.1, 0.15) is 5.75 Å². The largest absolute Gasteiger partial charge is 0.434 e. The van der Waals surface area contributed by atoms with Crippen LogP contribution in [0.15, 0.2) is 24.3 Å². The average molecular weight is 322 g/mol. The highest BCUT2D eigenvalue weighted by Gasteiger charge is 2.13. The van der Waals surface area contributed by atoms with Crippen molar-refractivity contribution >= 4 is 21.8 Å². The van der Waals surface area contributed by atoms with Gasteiger partial charge in [0.25, 0.3) is 0 Å². The minimum Gasteiger partial charge on any atom is -0.434 e. The van der Waals surface area contributed by atoms with Crippen LogP contribution in [-0.2, 0) is 11.3 Å². The summed E-state index contributed by atoms with van der Waals surface area (Å²) in [7, 11) is 0. The van der Waals surface area contributed by atoms with Gasteiger partial charge in [-0.2, -0.15) is 8.78 Å². The van der Waals surface area contributed by atoms with Crippen LogP contribution in [0.3, 0.4) is 0 Å². The first-order valence-corrected chi connectivity index (χ1v) is 6.40. The Kier molecular flexibility index (Phi) is 6.04. The Bertz CT molecular complexity index is 401. The molecule has 3 nitrogen and oxygen atoms in total. The Morgan fingerprint density at radius 1 is 1.44 bits per heavy atom. The molecule has 100 valence electrons. The van der Waals surface area contributed by atoms with E-state index in [9.17, 15) is 13.6 Å². The zero-order valence-corrected chi connectivity index (χ0v) is 11.4. The first kappa shape index (κ1) is 14.9. The van der Waals surface area contributed by atoms with E-state index >= 15 is 0 Å². The number of hydrogen-bond donors (Lipinski definition) is 1. The molecule has 0 bridgehead atoms. The molecule has 0 aromatic heterocycles. The van der Waals surface area contributed by atoms with Crippen LogP contribution in [0.2, 0.25) is 0 Å². The average Bonchev–Trinajstić information content (AvgIpc) is 2.35. The van der Waals surface area contributed by atoms with Gasteiger partial charge in [-0.05, 0) is 12.5 Å². The van der Waals surface area contributed by atoms with Crippen LogP contribution in [-0.4, -0.2) is 17.3 Å². The molecule has 0 saturated carbocycles. The number of benzene rings is 1. The molecule has 0 heterocycles. The van der Waals surface area contributed by atoms with Crippen molar-refractivity contribution < 1.29 is 18.3 Å². The highest BCUT2D eigenvalue weighted by Crippen LogP contribution is 2.20. The van der Waals surface area contributed by atoms with Gasteiger partial charge in [-0.3, -0.25) is 4.79 Å². The molecule has 1 rings (SSSR count). The van der Waals surface area contributed by atoms with E-state index in [1.54, 1.807) is 18.2 Å². The van der Waals surface area contributed by atoms with Crippen LogP contribution in [0.4, 0.5) is 8.78 Å². The van der Waals surface area contributed by atoms with Crippen LogP contribution in [0.25, 0.3) is 0 Å². The molecule has 0 saturated heterocycles. The Hall–Kier alpha value is -1.17. The molecule has 0 aliphatic carbocycles. The molecular formula is C12H14BrF2NO2. The summed E-state index contributed by atoms with van der Waals surface area (Å²) in [6.45, 7) is -0.849. The minimum atomic E-state index is -2.87. The third kappa shape index (κ3) is 4.60. The van der Waals surface area contributed by atoms with Crippen LogP contribution in [0, 0.1) is 0 Å². The van der Waals surface area contributed by atoms with Crippen LogP contribution < -0.4 is 10.1 Å². The molecule has 1 N–H and O–H groups in total. The van der Waals surface area contributed by atoms with Gasteiger partial charge in [-0.1, -0.05) is 41.1 Å². The molecule has 0 radical (unpaired) electrons.